The third-order valence-electron chi connectivity index (χ3n) is 6.20. The summed E-state index contributed by atoms with van der Waals surface area (Å²) >= 11 is 0. The molecule has 1 aromatic carbocycles. The van der Waals surface area contributed by atoms with Crippen LogP contribution in [0, 0.1) is 17.3 Å². The van der Waals surface area contributed by atoms with E-state index in [1.54, 1.807) is 0 Å². The van der Waals surface area contributed by atoms with Gasteiger partial charge in [0.2, 0.25) is 5.91 Å². The molecular weight excluding hydrogens is 286 g/mol. The molecule has 2 aliphatic rings. The van der Waals surface area contributed by atoms with Crippen LogP contribution in [-0.2, 0) is 4.79 Å². The molecule has 3 nitrogen and oxygen atoms in total. The summed E-state index contributed by atoms with van der Waals surface area (Å²) in [5, 5.41) is 9.32. The Hall–Kier alpha value is -1.35. The first kappa shape index (κ1) is 16.5. The number of amides is 1. The van der Waals surface area contributed by atoms with Gasteiger partial charge in [-0.05, 0) is 43.1 Å². The third-order valence-corrected chi connectivity index (χ3v) is 6.20. The lowest BCUT2D eigenvalue weighted by atomic mass is 9.75. The van der Waals surface area contributed by atoms with E-state index in [1.807, 2.05) is 11.8 Å². The van der Waals surface area contributed by atoms with Crippen LogP contribution in [0.3, 0.4) is 0 Å². The fourth-order valence-electron chi connectivity index (χ4n) is 4.55. The second-order valence-corrected chi connectivity index (χ2v) is 7.68. The Morgan fingerprint density at radius 1 is 1.35 bits per heavy atom. The van der Waals surface area contributed by atoms with Crippen LogP contribution in [0.5, 0.6) is 0 Å². The van der Waals surface area contributed by atoms with Crippen LogP contribution in [0.4, 0.5) is 0 Å². The highest BCUT2D eigenvalue weighted by Gasteiger charge is 2.50. The Bertz CT molecular complexity index is 532. The van der Waals surface area contributed by atoms with E-state index in [-0.39, 0.29) is 18.4 Å². The highest BCUT2D eigenvalue weighted by atomic mass is 16.3. The maximum atomic E-state index is 12.3. The minimum Gasteiger partial charge on any atom is -0.396 e. The molecule has 1 aliphatic carbocycles. The molecule has 3 atom stereocenters. The number of carbonyl (C=O) groups is 1. The number of aliphatic hydroxyl groups is 1. The second-order valence-electron chi connectivity index (χ2n) is 7.68. The molecule has 1 aromatic rings. The number of carbonyl (C=O) groups excluding carboxylic acids is 1. The van der Waals surface area contributed by atoms with E-state index in [0.717, 1.165) is 25.4 Å². The van der Waals surface area contributed by atoms with Gasteiger partial charge in [0, 0.05) is 18.5 Å². The predicted molar refractivity (Wildman–Crippen MR) is 92.1 cm³/mol. The normalized spacial score (nSPS) is 25.2. The number of nitrogens with zero attached hydrogens (tertiary/aromatic N) is 1. The number of benzene rings is 1. The van der Waals surface area contributed by atoms with Crippen LogP contribution in [0.15, 0.2) is 30.3 Å². The quantitative estimate of drug-likeness (QED) is 0.904. The van der Waals surface area contributed by atoms with Crippen molar-refractivity contribution in [3.05, 3.63) is 35.9 Å². The summed E-state index contributed by atoms with van der Waals surface area (Å²) in [5.41, 5.74) is 1.80. The molecule has 1 saturated carbocycles. The van der Waals surface area contributed by atoms with Gasteiger partial charge in [0.05, 0.1) is 12.5 Å². The van der Waals surface area contributed by atoms with Crippen molar-refractivity contribution in [1.29, 1.82) is 0 Å². The third kappa shape index (κ3) is 3.16. The molecule has 3 rings (SSSR count). The van der Waals surface area contributed by atoms with E-state index >= 15 is 0 Å². The van der Waals surface area contributed by atoms with Crippen LogP contribution in [0.25, 0.3) is 0 Å². The van der Waals surface area contributed by atoms with Gasteiger partial charge in [-0.2, -0.15) is 0 Å². The smallest absolute Gasteiger partial charge is 0.228 e. The summed E-state index contributed by atoms with van der Waals surface area (Å²) < 4.78 is 0. The fourth-order valence-corrected chi connectivity index (χ4v) is 4.55. The summed E-state index contributed by atoms with van der Waals surface area (Å²) in [5.74, 6) is 1.28. The van der Waals surface area contributed by atoms with Gasteiger partial charge >= 0.3 is 0 Å². The lowest BCUT2D eigenvalue weighted by Crippen LogP contribution is -2.59. The van der Waals surface area contributed by atoms with Gasteiger partial charge in [-0.3, -0.25) is 4.79 Å². The van der Waals surface area contributed by atoms with Crippen LogP contribution in [-0.4, -0.2) is 35.6 Å². The van der Waals surface area contributed by atoms with Crippen LogP contribution < -0.4 is 0 Å². The first-order valence-corrected chi connectivity index (χ1v) is 9.03. The molecule has 1 spiro atoms. The van der Waals surface area contributed by atoms with Gasteiger partial charge in [-0.15, -0.1) is 0 Å². The van der Waals surface area contributed by atoms with Gasteiger partial charge < -0.3 is 10.0 Å². The van der Waals surface area contributed by atoms with Crippen molar-refractivity contribution in [1.82, 2.24) is 4.90 Å². The van der Waals surface area contributed by atoms with Gasteiger partial charge in [0.1, 0.15) is 0 Å². The minimum absolute atomic E-state index is 0.0213. The predicted octanol–water partition coefficient (Wildman–Crippen LogP) is 3.44. The van der Waals surface area contributed by atoms with Gasteiger partial charge in [0.15, 0.2) is 0 Å². The summed E-state index contributed by atoms with van der Waals surface area (Å²) in [4.78, 5) is 14.3. The molecule has 23 heavy (non-hydrogen) atoms. The molecule has 0 radical (unpaired) electrons. The largest absolute Gasteiger partial charge is 0.396 e. The fraction of sp³-hybridized carbons (Fsp3) is 0.650. The Kier molecular flexibility index (Phi) is 4.77. The number of aliphatic hydroxyl groups excluding tert-OH is 1. The molecule has 2 fully saturated rings. The number of rotatable bonds is 5. The molecule has 1 N–H and O–H groups in total. The van der Waals surface area contributed by atoms with Crippen molar-refractivity contribution in [3.63, 3.8) is 0 Å². The monoisotopic (exact) mass is 315 g/mol. The molecule has 1 saturated heterocycles. The zero-order valence-corrected chi connectivity index (χ0v) is 14.4. The zero-order chi connectivity index (χ0) is 16.4. The number of hydrogen-bond acceptors (Lipinski definition) is 2. The van der Waals surface area contributed by atoms with E-state index in [1.165, 1.54) is 24.8 Å². The first-order chi connectivity index (χ1) is 11.1. The topological polar surface area (TPSA) is 40.5 Å². The molecule has 126 valence electrons. The molecule has 1 amide bonds. The van der Waals surface area contributed by atoms with Gasteiger partial charge in [-0.25, -0.2) is 0 Å². The Labute approximate surface area is 139 Å². The van der Waals surface area contributed by atoms with Gasteiger partial charge in [0.25, 0.3) is 0 Å². The Morgan fingerprint density at radius 3 is 2.65 bits per heavy atom. The summed E-state index contributed by atoms with van der Waals surface area (Å²) in [6, 6.07) is 10.8. The highest BCUT2D eigenvalue weighted by Crippen LogP contribution is 2.52. The van der Waals surface area contributed by atoms with E-state index in [2.05, 4.69) is 37.3 Å². The SMILES string of the molecule is CC[C@H](CO)C(=O)N1CC2(CC[C@H]([C@@H](C)c3ccccc3)C2)C1. The van der Waals surface area contributed by atoms with E-state index < -0.39 is 0 Å². The average molecular weight is 315 g/mol. The summed E-state index contributed by atoms with van der Waals surface area (Å²) in [6.07, 6.45) is 4.49. The number of hydrogen-bond donors (Lipinski definition) is 1. The van der Waals surface area contributed by atoms with E-state index in [9.17, 15) is 9.90 Å². The molecule has 0 aromatic heterocycles. The molecule has 0 unspecified atom stereocenters. The van der Waals surface area contributed by atoms with E-state index in [0.29, 0.717) is 11.3 Å². The van der Waals surface area contributed by atoms with Crippen molar-refractivity contribution < 1.29 is 9.90 Å². The molecule has 1 aliphatic heterocycles. The maximum absolute atomic E-state index is 12.3. The Morgan fingerprint density at radius 2 is 2.04 bits per heavy atom. The lowest BCUT2D eigenvalue weighted by molar-refractivity contribution is -0.149. The lowest BCUT2D eigenvalue weighted by Gasteiger charge is -2.49. The Balaban J connectivity index is 1.56. The van der Waals surface area contributed by atoms with Crippen molar-refractivity contribution >= 4 is 5.91 Å². The minimum atomic E-state index is -0.201. The van der Waals surface area contributed by atoms with Gasteiger partial charge in [-0.1, -0.05) is 44.2 Å². The standard InChI is InChI=1S/C20H29NO2/c1-3-16(12-22)19(23)21-13-20(14-21)10-9-18(11-20)15(2)17-7-5-4-6-8-17/h4-8,15-16,18,22H,3,9-14H2,1-2H3/t15-,16+,18-/m0/s1. The molecule has 1 heterocycles. The van der Waals surface area contributed by atoms with Crippen molar-refractivity contribution in [2.75, 3.05) is 19.7 Å². The maximum Gasteiger partial charge on any atom is 0.228 e. The summed E-state index contributed by atoms with van der Waals surface area (Å²) in [6.45, 7) is 6.11. The van der Waals surface area contributed by atoms with Crippen LogP contribution in [0.2, 0.25) is 0 Å². The number of likely N-dealkylation sites (tertiary alicyclic amines) is 1. The highest BCUT2D eigenvalue weighted by molar-refractivity contribution is 5.80. The molecule has 3 heteroatoms. The molecule has 0 bridgehead atoms. The van der Waals surface area contributed by atoms with Crippen LogP contribution in [0.1, 0.15) is 51.0 Å². The zero-order valence-electron chi connectivity index (χ0n) is 14.4. The van der Waals surface area contributed by atoms with E-state index in [4.69, 9.17) is 0 Å². The van der Waals surface area contributed by atoms with Crippen molar-refractivity contribution in [2.24, 2.45) is 17.3 Å². The molecular formula is C20H29NO2. The second kappa shape index (κ2) is 6.64. The summed E-state index contributed by atoms with van der Waals surface area (Å²) in [7, 11) is 0. The van der Waals surface area contributed by atoms with Crippen molar-refractivity contribution in [3.8, 4) is 0 Å². The first-order valence-electron chi connectivity index (χ1n) is 9.03. The van der Waals surface area contributed by atoms with Crippen LogP contribution >= 0.6 is 0 Å². The average Bonchev–Trinajstić information content (AvgIpc) is 3.00. The van der Waals surface area contributed by atoms with Crippen molar-refractivity contribution in [2.45, 2.75) is 45.4 Å².